The van der Waals surface area contributed by atoms with E-state index in [0.717, 1.165) is 5.69 Å². The highest BCUT2D eigenvalue weighted by molar-refractivity contribution is 7.80. The molecular weight excluding hydrogens is 306 g/mol. The van der Waals surface area contributed by atoms with Gasteiger partial charge >= 0.3 is 0 Å². The predicted octanol–water partition coefficient (Wildman–Crippen LogP) is 4.94. The molecule has 2 N–H and O–H groups in total. The molecule has 19 heavy (non-hydrogen) atoms. The van der Waals surface area contributed by atoms with Gasteiger partial charge in [-0.1, -0.05) is 41.4 Å². The Kier molecular flexibility index (Phi) is 4.58. The van der Waals surface area contributed by atoms with E-state index in [2.05, 4.69) is 10.6 Å². The minimum Gasteiger partial charge on any atom is -0.332 e. The molecule has 2 aromatic rings. The van der Waals surface area contributed by atoms with Crippen LogP contribution in [0, 0.1) is 5.82 Å². The number of thiocarbonyl (C=S) groups is 1. The summed E-state index contributed by atoms with van der Waals surface area (Å²) in [7, 11) is 0. The molecule has 6 heteroatoms. The Hall–Kier alpha value is -1.36. The molecule has 2 rings (SSSR count). The van der Waals surface area contributed by atoms with Crippen molar-refractivity contribution in [3.8, 4) is 0 Å². The van der Waals surface area contributed by atoms with Crippen LogP contribution < -0.4 is 10.6 Å². The zero-order valence-electron chi connectivity index (χ0n) is 9.58. The van der Waals surface area contributed by atoms with E-state index in [1.54, 1.807) is 0 Å². The van der Waals surface area contributed by atoms with Crippen molar-refractivity contribution in [2.24, 2.45) is 0 Å². The van der Waals surface area contributed by atoms with Gasteiger partial charge in [-0.2, -0.15) is 0 Å². The second-order valence-corrected chi connectivity index (χ2v) is 4.91. The molecule has 0 aliphatic rings. The quantitative estimate of drug-likeness (QED) is 0.768. The van der Waals surface area contributed by atoms with Gasteiger partial charge in [0.05, 0.1) is 15.7 Å². The van der Waals surface area contributed by atoms with Crippen molar-refractivity contribution in [1.82, 2.24) is 0 Å². The van der Waals surface area contributed by atoms with E-state index in [1.807, 2.05) is 30.3 Å². The van der Waals surface area contributed by atoms with E-state index in [4.69, 9.17) is 35.4 Å². The Morgan fingerprint density at radius 1 is 1.00 bits per heavy atom. The molecule has 0 fully saturated rings. The number of hydrogen-bond donors (Lipinski definition) is 2. The average Bonchev–Trinajstić information content (AvgIpc) is 2.35. The summed E-state index contributed by atoms with van der Waals surface area (Å²) in [4.78, 5) is 0. The van der Waals surface area contributed by atoms with Crippen molar-refractivity contribution in [1.29, 1.82) is 0 Å². The number of nitrogens with one attached hydrogen (secondary N) is 2. The smallest absolute Gasteiger partial charge is 0.175 e. The molecule has 0 unspecified atom stereocenters. The lowest BCUT2D eigenvalue weighted by Crippen LogP contribution is -2.19. The predicted molar refractivity (Wildman–Crippen MR) is 82.7 cm³/mol. The summed E-state index contributed by atoms with van der Waals surface area (Å²) in [5.41, 5.74) is 1.20. The Bertz CT molecular complexity index is 582. The van der Waals surface area contributed by atoms with Gasteiger partial charge in [-0.3, -0.25) is 0 Å². The summed E-state index contributed by atoms with van der Waals surface area (Å²) < 4.78 is 13.0. The van der Waals surface area contributed by atoms with Crippen LogP contribution in [0.5, 0.6) is 0 Å². The molecule has 2 aromatic carbocycles. The van der Waals surface area contributed by atoms with Crippen LogP contribution in [0.25, 0.3) is 0 Å². The molecule has 98 valence electrons. The third kappa shape index (κ3) is 3.80. The highest BCUT2D eigenvalue weighted by Gasteiger charge is 2.10. The largest absolute Gasteiger partial charge is 0.332 e. The van der Waals surface area contributed by atoms with Crippen LogP contribution in [-0.2, 0) is 0 Å². The maximum Gasteiger partial charge on any atom is 0.175 e. The highest BCUT2D eigenvalue weighted by atomic mass is 35.5. The van der Waals surface area contributed by atoms with Crippen molar-refractivity contribution in [3.63, 3.8) is 0 Å². The molecule has 0 atom stereocenters. The van der Waals surface area contributed by atoms with E-state index in [9.17, 15) is 4.39 Å². The molecule has 0 aliphatic heterocycles. The van der Waals surface area contributed by atoms with Gasteiger partial charge in [0.25, 0.3) is 0 Å². The summed E-state index contributed by atoms with van der Waals surface area (Å²) in [5, 5.41) is 6.47. The van der Waals surface area contributed by atoms with Crippen LogP contribution in [0.15, 0.2) is 42.5 Å². The van der Waals surface area contributed by atoms with Crippen LogP contribution in [-0.4, -0.2) is 5.11 Å². The van der Waals surface area contributed by atoms with Gasteiger partial charge in [-0.25, -0.2) is 4.39 Å². The first-order valence-corrected chi connectivity index (χ1v) is 6.50. The van der Waals surface area contributed by atoms with Gasteiger partial charge < -0.3 is 10.6 Å². The first-order valence-electron chi connectivity index (χ1n) is 5.34. The molecular formula is C13H9Cl2FN2S. The number of hydrogen-bond acceptors (Lipinski definition) is 1. The van der Waals surface area contributed by atoms with Crippen LogP contribution in [0.1, 0.15) is 0 Å². The third-order valence-corrected chi connectivity index (χ3v) is 3.08. The summed E-state index contributed by atoms with van der Waals surface area (Å²) in [5.74, 6) is -0.498. The van der Waals surface area contributed by atoms with Gasteiger partial charge in [-0.05, 0) is 36.5 Å². The van der Waals surface area contributed by atoms with Crippen molar-refractivity contribution >= 4 is 51.9 Å². The number of anilines is 2. The summed E-state index contributed by atoms with van der Waals surface area (Å²) in [6.07, 6.45) is 0. The van der Waals surface area contributed by atoms with Crippen molar-refractivity contribution in [2.75, 3.05) is 10.6 Å². The molecule has 0 amide bonds. The topological polar surface area (TPSA) is 24.1 Å². The summed E-state index contributed by atoms with van der Waals surface area (Å²) >= 11 is 17.0. The van der Waals surface area contributed by atoms with Crippen molar-refractivity contribution in [2.45, 2.75) is 0 Å². The Morgan fingerprint density at radius 2 is 1.58 bits per heavy atom. The Morgan fingerprint density at radius 3 is 2.16 bits per heavy atom. The van der Waals surface area contributed by atoms with Gasteiger partial charge in [0.2, 0.25) is 0 Å². The number of halogens is 3. The molecule has 0 saturated carbocycles. The zero-order valence-corrected chi connectivity index (χ0v) is 11.9. The van der Waals surface area contributed by atoms with E-state index in [0.29, 0.717) is 10.8 Å². The van der Waals surface area contributed by atoms with Crippen LogP contribution in [0.4, 0.5) is 15.8 Å². The van der Waals surface area contributed by atoms with E-state index in [1.165, 1.54) is 12.1 Å². The number of rotatable bonds is 2. The molecule has 0 aromatic heterocycles. The average molecular weight is 315 g/mol. The van der Waals surface area contributed by atoms with E-state index >= 15 is 0 Å². The SMILES string of the molecule is Fc1cc(Cl)c(NC(=S)Nc2ccccc2)c(Cl)c1. The molecule has 0 saturated heterocycles. The standard InChI is InChI=1S/C13H9Cl2FN2S/c14-10-6-8(16)7-11(15)12(10)18-13(19)17-9-4-2-1-3-5-9/h1-7H,(H2,17,18,19). The molecule has 0 aliphatic carbocycles. The third-order valence-electron chi connectivity index (χ3n) is 2.28. The van der Waals surface area contributed by atoms with E-state index < -0.39 is 5.82 Å². The second-order valence-electron chi connectivity index (χ2n) is 3.69. The van der Waals surface area contributed by atoms with Crippen LogP contribution in [0.3, 0.4) is 0 Å². The first-order chi connectivity index (χ1) is 9.06. The van der Waals surface area contributed by atoms with Crippen LogP contribution in [0.2, 0.25) is 10.0 Å². The minimum absolute atomic E-state index is 0.169. The lowest BCUT2D eigenvalue weighted by Gasteiger charge is -2.13. The molecule has 0 spiro atoms. The van der Waals surface area contributed by atoms with Gasteiger partial charge in [0.15, 0.2) is 5.11 Å². The maximum absolute atomic E-state index is 13.0. The summed E-state index contributed by atoms with van der Waals surface area (Å²) in [6.45, 7) is 0. The lowest BCUT2D eigenvalue weighted by molar-refractivity contribution is 0.628. The normalized spacial score (nSPS) is 10.1. The van der Waals surface area contributed by atoms with Gasteiger partial charge in [0, 0.05) is 5.69 Å². The monoisotopic (exact) mass is 314 g/mol. The lowest BCUT2D eigenvalue weighted by atomic mass is 10.3. The zero-order chi connectivity index (χ0) is 13.8. The maximum atomic E-state index is 13.0. The molecule has 2 nitrogen and oxygen atoms in total. The summed E-state index contributed by atoms with van der Waals surface area (Å²) in [6, 6.07) is 11.7. The van der Waals surface area contributed by atoms with Crippen molar-refractivity contribution in [3.05, 3.63) is 58.3 Å². The fourth-order valence-electron chi connectivity index (χ4n) is 1.46. The van der Waals surface area contributed by atoms with Crippen LogP contribution >= 0.6 is 35.4 Å². The number of benzene rings is 2. The number of para-hydroxylation sites is 1. The highest BCUT2D eigenvalue weighted by Crippen LogP contribution is 2.31. The van der Waals surface area contributed by atoms with Gasteiger partial charge in [0.1, 0.15) is 5.82 Å². The molecule has 0 radical (unpaired) electrons. The van der Waals surface area contributed by atoms with E-state index in [-0.39, 0.29) is 10.0 Å². The fraction of sp³-hybridized carbons (Fsp3) is 0. The Labute approximate surface area is 125 Å². The van der Waals surface area contributed by atoms with Crippen molar-refractivity contribution < 1.29 is 4.39 Å². The van der Waals surface area contributed by atoms with Gasteiger partial charge in [-0.15, -0.1) is 0 Å². The molecule has 0 heterocycles. The first kappa shape index (κ1) is 14.1. The second kappa shape index (κ2) is 6.19. The fourth-order valence-corrected chi connectivity index (χ4v) is 2.23. The Balaban J connectivity index is 2.12. The molecule has 0 bridgehead atoms. The minimum atomic E-state index is -0.498.